The van der Waals surface area contributed by atoms with E-state index >= 15 is 0 Å². The van der Waals surface area contributed by atoms with Gasteiger partial charge >= 0.3 is 5.97 Å². The third-order valence-electron chi connectivity index (χ3n) is 4.51. The van der Waals surface area contributed by atoms with Crippen molar-refractivity contribution in [1.82, 2.24) is 15.1 Å². The first-order chi connectivity index (χ1) is 13.9. The van der Waals surface area contributed by atoms with Crippen molar-refractivity contribution in [3.63, 3.8) is 0 Å². The summed E-state index contributed by atoms with van der Waals surface area (Å²) in [5, 5.41) is 6.68. The second-order valence-corrected chi connectivity index (χ2v) is 6.39. The van der Waals surface area contributed by atoms with Gasteiger partial charge in [0.25, 0.3) is 5.91 Å². The van der Waals surface area contributed by atoms with Gasteiger partial charge in [0.15, 0.2) is 5.69 Å². The van der Waals surface area contributed by atoms with Crippen LogP contribution in [0.5, 0.6) is 0 Å². The number of aryl methyl sites for hydroxylation is 1. The number of esters is 1. The molecular weight excluding hydrogens is 377 g/mol. The predicted molar refractivity (Wildman–Crippen MR) is 105 cm³/mol. The van der Waals surface area contributed by atoms with E-state index in [1.165, 1.54) is 23.9 Å². The van der Waals surface area contributed by atoms with Crippen molar-refractivity contribution in [3.8, 4) is 0 Å². The van der Waals surface area contributed by atoms with Gasteiger partial charge in [0.1, 0.15) is 11.9 Å². The number of carbonyl (C=O) groups excluding carboxylic acids is 2. The van der Waals surface area contributed by atoms with Gasteiger partial charge in [-0.05, 0) is 30.7 Å². The Hall–Kier alpha value is -3.55. The molecule has 1 amide bonds. The molecule has 0 aliphatic heterocycles. The first-order valence-corrected chi connectivity index (χ1v) is 9.07. The van der Waals surface area contributed by atoms with E-state index in [9.17, 15) is 18.8 Å². The monoisotopic (exact) mass is 397 g/mol. The minimum atomic E-state index is -1.01. The molecule has 3 rings (SSSR count). The molecule has 0 aliphatic carbocycles. The zero-order chi connectivity index (χ0) is 21.0. The van der Waals surface area contributed by atoms with Gasteiger partial charge < -0.3 is 10.1 Å². The van der Waals surface area contributed by atoms with Gasteiger partial charge in [-0.15, -0.1) is 0 Å². The maximum Gasteiger partial charge on any atom is 0.328 e. The number of nitrogens with one attached hydrogen (secondary N) is 1. The van der Waals surface area contributed by atoms with E-state index in [4.69, 9.17) is 4.74 Å². The van der Waals surface area contributed by atoms with Crippen molar-refractivity contribution in [2.75, 3.05) is 7.11 Å². The zero-order valence-corrected chi connectivity index (χ0v) is 16.0. The largest absolute Gasteiger partial charge is 0.467 e. The predicted octanol–water partition coefficient (Wildman–Crippen LogP) is 2.07. The van der Waals surface area contributed by atoms with Gasteiger partial charge in [0, 0.05) is 13.0 Å². The fourth-order valence-corrected chi connectivity index (χ4v) is 3.06. The Morgan fingerprint density at radius 1 is 1.21 bits per heavy atom. The van der Waals surface area contributed by atoms with Gasteiger partial charge in [0.05, 0.1) is 18.0 Å². The number of halogens is 1. The number of methoxy groups -OCH3 is 1. The second-order valence-electron chi connectivity index (χ2n) is 6.39. The van der Waals surface area contributed by atoms with Crippen molar-refractivity contribution < 1.29 is 18.7 Å². The smallest absolute Gasteiger partial charge is 0.328 e. The van der Waals surface area contributed by atoms with Crippen LogP contribution in [0.15, 0.2) is 53.3 Å². The third kappa shape index (κ3) is 4.31. The molecule has 1 aromatic heterocycles. The normalized spacial score (nSPS) is 11.8. The number of nitrogens with zero attached hydrogens (tertiary/aromatic N) is 2. The van der Waals surface area contributed by atoms with Crippen LogP contribution in [-0.4, -0.2) is 34.8 Å². The Morgan fingerprint density at radius 2 is 1.93 bits per heavy atom. The van der Waals surface area contributed by atoms with Crippen LogP contribution >= 0.6 is 0 Å². The van der Waals surface area contributed by atoms with E-state index in [0.29, 0.717) is 12.1 Å². The second kappa shape index (κ2) is 8.64. The van der Waals surface area contributed by atoms with Gasteiger partial charge in [-0.2, -0.15) is 5.10 Å². The van der Waals surface area contributed by atoms with Crippen molar-refractivity contribution in [1.29, 1.82) is 0 Å². The molecule has 0 saturated heterocycles. The minimum absolute atomic E-state index is 0.0460. The number of hydrogen-bond acceptors (Lipinski definition) is 5. The van der Waals surface area contributed by atoms with E-state index in [-0.39, 0.29) is 11.8 Å². The number of fused-ring (bicyclic) bond motifs is 1. The summed E-state index contributed by atoms with van der Waals surface area (Å²) in [6, 6.07) is 11.8. The number of rotatable bonds is 6. The summed E-state index contributed by atoms with van der Waals surface area (Å²) in [5.74, 6) is -2.06. The van der Waals surface area contributed by atoms with Crippen LogP contribution in [0.25, 0.3) is 10.9 Å². The number of amides is 1. The fourth-order valence-electron chi connectivity index (χ4n) is 3.06. The highest BCUT2D eigenvalue weighted by Crippen LogP contribution is 2.12. The summed E-state index contributed by atoms with van der Waals surface area (Å²) in [4.78, 5) is 37.7. The molecule has 7 nitrogen and oxygen atoms in total. The van der Waals surface area contributed by atoms with Crippen LogP contribution in [0.1, 0.15) is 23.0 Å². The Bertz CT molecular complexity index is 1110. The highest BCUT2D eigenvalue weighted by Gasteiger charge is 2.25. The topological polar surface area (TPSA) is 90.3 Å². The lowest BCUT2D eigenvalue weighted by Crippen LogP contribution is -2.45. The average molecular weight is 397 g/mol. The van der Waals surface area contributed by atoms with Crippen molar-refractivity contribution in [2.45, 2.75) is 25.9 Å². The Morgan fingerprint density at radius 3 is 2.59 bits per heavy atom. The van der Waals surface area contributed by atoms with Gasteiger partial charge in [-0.1, -0.05) is 30.3 Å². The maximum absolute atomic E-state index is 13.7. The molecule has 0 saturated carbocycles. The molecule has 0 fully saturated rings. The molecule has 0 aliphatic rings. The van der Waals surface area contributed by atoms with Gasteiger partial charge in [-0.3, -0.25) is 14.3 Å². The molecule has 29 heavy (non-hydrogen) atoms. The first kappa shape index (κ1) is 20.2. The van der Waals surface area contributed by atoms with Gasteiger partial charge in [-0.25, -0.2) is 9.18 Å². The Balaban J connectivity index is 1.97. The van der Waals surface area contributed by atoms with Gasteiger partial charge in [0.2, 0.25) is 5.43 Å². The van der Waals surface area contributed by atoms with E-state index in [1.807, 2.05) is 30.3 Å². The van der Waals surface area contributed by atoms with Crippen LogP contribution < -0.4 is 10.7 Å². The summed E-state index contributed by atoms with van der Waals surface area (Å²) >= 11 is 0. The van der Waals surface area contributed by atoms with E-state index in [2.05, 4.69) is 10.4 Å². The molecule has 1 atom stereocenters. The SMILES string of the molecule is CCn1nc(C(=O)NC(Cc2ccccc2)C(=O)OC)c(=O)c2cc(F)ccc21. The molecule has 0 bridgehead atoms. The summed E-state index contributed by atoms with van der Waals surface area (Å²) in [6.45, 7) is 2.15. The lowest BCUT2D eigenvalue weighted by molar-refractivity contribution is -0.142. The van der Waals surface area contributed by atoms with Crippen molar-refractivity contribution in [3.05, 3.63) is 75.8 Å². The van der Waals surface area contributed by atoms with E-state index < -0.39 is 34.9 Å². The molecule has 150 valence electrons. The molecule has 0 spiro atoms. The molecule has 3 aromatic rings. The number of hydrogen-bond donors (Lipinski definition) is 1. The molecule has 2 aromatic carbocycles. The van der Waals surface area contributed by atoms with Crippen LogP contribution in [0.2, 0.25) is 0 Å². The average Bonchev–Trinajstić information content (AvgIpc) is 2.74. The lowest BCUT2D eigenvalue weighted by atomic mass is 10.1. The summed E-state index contributed by atoms with van der Waals surface area (Å²) in [5.41, 5.74) is 0.115. The lowest BCUT2D eigenvalue weighted by Gasteiger charge is -2.17. The summed E-state index contributed by atoms with van der Waals surface area (Å²) in [7, 11) is 1.22. The Labute approximate surface area is 166 Å². The van der Waals surface area contributed by atoms with Crippen LogP contribution in [0, 0.1) is 5.82 Å². The number of ether oxygens (including phenoxy) is 1. The molecular formula is C21H20FN3O4. The molecule has 1 unspecified atom stereocenters. The molecule has 0 radical (unpaired) electrons. The third-order valence-corrected chi connectivity index (χ3v) is 4.51. The van der Waals surface area contributed by atoms with Crippen LogP contribution in [0.3, 0.4) is 0 Å². The zero-order valence-electron chi connectivity index (χ0n) is 16.0. The van der Waals surface area contributed by atoms with Crippen LogP contribution in [0.4, 0.5) is 4.39 Å². The quantitative estimate of drug-likeness (QED) is 0.643. The molecule has 8 heteroatoms. The highest BCUT2D eigenvalue weighted by atomic mass is 19.1. The number of aromatic nitrogens is 2. The maximum atomic E-state index is 13.7. The minimum Gasteiger partial charge on any atom is -0.467 e. The van der Waals surface area contributed by atoms with E-state index in [1.54, 1.807) is 6.92 Å². The fraction of sp³-hybridized carbons (Fsp3) is 0.238. The molecule has 1 heterocycles. The van der Waals surface area contributed by atoms with Crippen LogP contribution in [-0.2, 0) is 22.5 Å². The first-order valence-electron chi connectivity index (χ1n) is 9.07. The molecule has 1 N–H and O–H groups in total. The van der Waals surface area contributed by atoms with E-state index in [0.717, 1.165) is 11.6 Å². The van der Waals surface area contributed by atoms with Crippen molar-refractivity contribution in [2.24, 2.45) is 0 Å². The number of carbonyl (C=O) groups is 2. The summed E-state index contributed by atoms with van der Waals surface area (Å²) in [6.07, 6.45) is 0.184. The Kier molecular flexibility index (Phi) is 6.01. The standard InChI is InChI=1S/C21H20FN3O4/c1-3-25-17-10-9-14(22)12-15(17)19(26)18(24-25)20(27)23-16(21(28)29-2)11-13-7-5-4-6-8-13/h4-10,12,16H,3,11H2,1-2H3,(H,23,27). The number of benzene rings is 2. The summed E-state index contributed by atoms with van der Waals surface area (Å²) < 4.78 is 19.9. The highest BCUT2D eigenvalue weighted by molar-refractivity contribution is 5.97. The van der Waals surface area contributed by atoms with Crippen molar-refractivity contribution >= 4 is 22.8 Å².